The molecule has 0 spiro atoms. The van der Waals surface area contributed by atoms with E-state index >= 15 is 0 Å². The second-order valence-electron chi connectivity index (χ2n) is 6.67. The lowest BCUT2D eigenvalue weighted by molar-refractivity contribution is 0.633. The van der Waals surface area contributed by atoms with Gasteiger partial charge in [0, 0.05) is 61.7 Å². The van der Waals surface area contributed by atoms with Crippen LogP contribution < -0.4 is 14.7 Å². The van der Waals surface area contributed by atoms with Gasteiger partial charge in [0.05, 0.1) is 0 Å². The Kier molecular flexibility index (Phi) is 4.74. The van der Waals surface area contributed by atoms with E-state index in [4.69, 9.17) is 4.98 Å². The molecule has 4 rings (SSSR count). The van der Waals surface area contributed by atoms with E-state index in [0.717, 1.165) is 67.0 Å². The standard InChI is InChI=1S/C18H23BrN6/c1-14-12-17(23-6-2-3-7-23)22-18(21-14)25-10-8-24(9-11-25)16-5-4-15(19)13-20-16/h4-5,12-13H,2-3,6-11H2,1H3. The number of halogens is 1. The molecule has 0 amide bonds. The number of nitrogens with zero attached hydrogens (tertiary/aromatic N) is 6. The van der Waals surface area contributed by atoms with Crippen LogP contribution in [0.3, 0.4) is 0 Å². The molecule has 0 saturated carbocycles. The van der Waals surface area contributed by atoms with Crippen molar-refractivity contribution in [3.05, 3.63) is 34.6 Å². The van der Waals surface area contributed by atoms with E-state index in [2.05, 4.69) is 59.7 Å². The molecule has 2 saturated heterocycles. The highest BCUT2D eigenvalue weighted by Gasteiger charge is 2.22. The SMILES string of the molecule is Cc1cc(N2CCCC2)nc(N2CCN(c3ccc(Br)cn3)CC2)n1. The molecule has 2 aromatic heterocycles. The van der Waals surface area contributed by atoms with Gasteiger partial charge in [-0.25, -0.2) is 9.97 Å². The summed E-state index contributed by atoms with van der Waals surface area (Å²) in [6, 6.07) is 6.21. The molecule has 0 bridgehead atoms. The number of hydrogen-bond donors (Lipinski definition) is 0. The predicted molar refractivity (Wildman–Crippen MR) is 105 cm³/mol. The predicted octanol–water partition coefficient (Wildman–Crippen LogP) is 2.87. The zero-order chi connectivity index (χ0) is 17.2. The first-order valence-corrected chi connectivity index (χ1v) is 9.70. The molecule has 0 aliphatic carbocycles. The number of aryl methyl sites for hydroxylation is 1. The maximum Gasteiger partial charge on any atom is 0.227 e. The largest absolute Gasteiger partial charge is 0.356 e. The summed E-state index contributed by atoms with van der Waals surface area (Å²) < 4.78 is 1.01. The monoisotopic (exact) mass is 402 g/mol. The Bertz CT molecular complexity index is 721. The van der Waals surface area contributed by atoms with E-state index < -0.39 is 0 Å². The average molecular weight is 403 g/mol. The van der Waals surface area contributed by atoms with Crippen LogP contribution in [0, 0.1) is 6.92 Å². The molecule has 25 heavy (non-hydrogen) atoms. The minimum absolute atomic E-state index is 0.866. The van der Waals surface area contributed by atoms with Crippen LogP contribution in [0.25, 0.3) is 0 Å². The summed E-state index contributed by atoms with van der Waals surface area (Å²) in [6.07, 6.45) is 4.38. The Morgan fingerprint density at radius 2 is 1.52 bits per heavy atom. The number of rotatable bonds is 3. The molecule has 2 aliphatic heterocycles. The van der Waals surface area contributed by atoms with Crippen molar-refractivity contribution in [3.63, 3.8) is 0 Å². The molecule has 2 fully saturated rings. The van der Waals surface area contributed by atoms with Crippen molar-refractivity contribution in [2.45, 2.75) is 19.8 Å². The van der Waals surface area contributed by atoms with Gasteiger partial charge in [0.25, 0.3) is 0 Å². The van der Waals surface area contributed by atoms with Gasteiger partial charge in [0.2, 0.25) is 5.95 Å². The van der Waals surface area contributed by atoms with Gasteiger partial charge < -0.3 is 14.7 Å². The fraction of sp³-hybridized carbons (Fsp3) is 0.500. The summed E-state index contributed by atoms with van der Waals surface area (Å²) in [5.74, 6) is 2.98. The molecule has 0 N–H and O–H groups in total. The highest BCUT2D eigenvalue weighted by atomic mass is 79.9. The molecular formula is C18H23BrN6. The highest BCUT2D eigenvalue weighted by molar-refractivity contribution is 9.10. The van der Waals surface area contributed by atoms with Gasteiger partial charge in [0.15, 0.2) is 0 Å². The molecule has 6 nitrogen and oxygen atoms in total. The van der Waals surface area contributed by atoms with Crippen molar-refractivity contribution < 1.29 is 0 Å². The highest BCUT2D eigenvalue weighted by Crippen LogP contribution is 2.23. The number of piperazine rings is 1. The first-order chi connectivity index (χ1) is 12.2. The third-order valence-corrected chi connectivity index (χ3v) is 5.33. The number of aromatic nitrogens is 3. The van der Waals surface area contributed by atoms with Gasteiger partial charge in [-0.15, -0.1) is 0 Å². The molecule has 7 heteroatoms. The van der Waals surface area contributed by atoms with Crippen LogP contribution in [-0.2, 0) is 0 Å². The first-order valence-electron chi connectivity index (χ1n) is 8.91. The Balaban J connectivity index is 1.46. The zero-order valence-electron chi connectivity index (χ0n) is 14.5. The Labute approximate surface area is 157 Å². The minimum atomic E-state index is 0.866. The Morgan fingerprint density at radius 3 is 2.20 bits per heavy atom. The number of hydrogen-bond acceptors (Lipinski definition) is 6. The normalized spacial score (nSPS) is 18.1. The molecular weight excluding hydrogens is 380 g/mol. The molecule has 0 aromatic carbocycles. The first kappa shape index (κ1) is 16.6. The summed E-state index contributed by atoms with van der Waals surface area (Å²) in [4.78, 5) is 21.0. The Morgan fingerprint density at radius 1 is 0.840 bits per heavy atom. The van der Waals surface area contributed by atoms with Gasteiger partial charge in [-0.3, -0.25) is 0 Å². The molecule has 2 aromatic rings. The number of anilines is 3. The minimum Gasteiger partial charge on any atom is -0.356 e. The van der Waals surface area contributed by atoms with Gasteiger partial charge in [-0.05, 0) is 47.8 Å². The van der Waals surface area contributed by atoms with Gasteiger partial charge in [0.1, 0.15) is 11.6 Å². The third-order valence-electron chi connectivity index (χ3n) is 4.86. The molecule has 0 unspecified atom stereocenters. The summed E-state index contributed by atoms with van der Waals surface area (Å²) in [5, 5.41) is 0. The summed E-state index contributed by atoms with van der Waals surface area (Å²) in [6.45, 7) is 7.99. The molecule has 0 atom stereocenters. The fourth-order valence-electron chi connectivity index (χ4n) is 3.48. The van der Waals surface area contributed by atoms with Crippen molar-refractivity contribution in [2.75, 3.05) is 54.0 Å². The maximum absolute atomic E-state index is 4.85. The molecule has 132 valence electrons. The summed E-state index contributed by atoms with van der Waals surface area (Å²) >= 11 is 3.44. The summed E-state index contributed by atoms with van der Waals surface area (Å²) in [7, 11) is 0. The van der Waals surface area contributed by atoms with Gasteiger partial charge >= 0.3 is 0 Å². The van der Waals surface area contributed by atoms with E-state index in [-0.39, 0.29) is 0 Å². The number of pyridine rings is 1. The lowest BCUT2D eigenvalue weighted by Gasteiger charge is -2.35. The van der Waals surface area contributed by atoms with E-state index in [1.165, 1.54) is 12.8 Å². The van der Waals surface area contributed by atoms with Crippen molar-refractivity contribution in [2.24, 2.45) is 0 Å². The van der Waals surface area contributed by atoms with Crippen molar-refractivity contribution in [1.29, 1.82) is 0 Å². The molecule has 4 heterocycles. The van der Waals surface area contributed by atoms with Crippen LogP contribution in [0.15, 0.2) is 28.9 Å². The van der Waals surface area contributed by atoms with Crippen LogP contribution in [0.1, 0.15) is 18.5 Å². The van der Waals surface area contributed by atoms with Crippen LogP contribution >= 0.6 is 15.9 Å². The van der Waals surface area contributed by atoms with Crippen molar-refractivity contribution in [3.8, 4) is 0 Å². The quantitative estimate of drug-likeness (QED) is 0.786. The van der Waals surface area contributed by atoms with E-state index in [9.17, 15) is 0 Å². The fourth-order valence-corrected chi connectivity index (χ4v) is 3.71. The van der Waals surface area contributed by atoms with Crippen molar-refractivity contribution >= 4 is 33.5 Å². The molecule has 2 aliphatic rings. The van der Waals surface area contributed by atoms with Crippen LogP contribution in [0.4, 0.5) is 17.6 Å². The summed E-state index contributed by atoms with van der Waals surface area (Å²) in [5.41, 5.74) is 1.05. The van der Waals surface area contributed by atoms with Crippen LogP contribution in [0.2, 0.25) is 0 Å². The zero-order valence-corrected chi connectivity index (χ0v) is 16.1. The van der Waals surface area contributed by atoms with Gasteiger partial charge in [-0.2, -0.15) is 4.98 Å². The molecule has 0 radical (unpaired) electrons. The van der Waals surface area contributed by atoms with Crippen LogP contribution in [-0.4, -0.2) is 54.2 Å². The van der Waals surface area contributed by atoms with E-state index in [1.54, 1.807) is 0 Å². The topological polar surface area (TPSA) is 48.4 Å². The lowest BCUT2D eigenvalue weighted by atomic mass is 10.3. The second kappa shape index (κ2) is 7.15. The third kappa shape index (κ3) is 3.71. The average Bonchev–Trinajstić information content (AvgIpc) is 3.17. The van der Waals surface area contributed by atoms with E-state index in [1.807, 2.05) is 12.3 Å². The second-order valence-corrected chi connectivity index (χ2v) is 7.59. The van der Waals surface area contributed by atoms with Crippen LogP contribution in [0.5, 0.6) is 0 Å². The van der Waals surface area contributed by atoms with Gasteiger partial charge in [-0.1, -0.05) is 0 Å². The Hall–Kier alpha value is -1.89. The van der Waals surface area contributed by atoms with Crippen molar-refractivity contribution in [1.82, 2.24) is 15.0 Å². The maximum atomic E-state index is 4.85. The smallest absolute Gasteiger partial charge is 0.227 e. The lowest BCUT2D eigenvalue weighted by Crippen LogP contribution is -2.47. The van der Waals surface area contributed by atoms with E-state index in [0.29, 0.717) is 0 Å².